The average molecular weight is 277 g/mol. The lowest BCUT2D eigenvalue weighted by atomic mass is 10.1. The number of amides is 1. The summed E-state index contributed by atoms with van der Waals surface area (Å²) in [6, 6.07) is 5.33. The van der Waals surface area contributed by atoms with Gasteiger partial charge < -0.3 is 15.5 Å². The first-order chi connectivity index (χ1) is 9.49. The second-order valence-corrected chi connectivity index (χ2v) is 4.08. The van der Waals surface area contributed by atoms with Crippen molar-refractivity contribution >= 4 is 28.7 Å². The topological polar surface area (TPSA) is 132 Å². The van der Waals surface area contributed by atoms with E-state index < -0.39 is 30.3 Å². The Morgan fingerprint density at radius 2 is 1.95 bits per heavy atom. The molecule has 0 spiro atoms. The number of hydrogen-bond donors (Lipinski definition) is 4. The van der Waals surface area contributed by atoms with Gasteiger partial charge in [-0.25, -0.2) is 4.79 Å². The van der Waals surface area contributed by atoms with Crippen LogP contribution >= 0.6 is 0 Å². The summed E-state index contributed by atoms with van der Waals surface area (Å²) in [4.78, 5) is 33.4. The number of carboxylic acid groups (broad SMARTS) is 2. The molecule has 4 N–H and O–H groups in total. The third kappa shape index (κ3) is 2.74. The summed E-state index contributed by atoms with van der Waals surface area (Å²) in [7, 11) is 0. The van der Waals surface area contributed by atoms with E-state index in [2.05, 4.69) is 15.5 Å². The van der Waals surface area contributed by atoms with E-state index in [1.165, 1.54) is 0 Å². The highest BCUT2D eigenvalue weighted by atomic mass is 16.4. The van der Waals surface area contributed by atoms with Crippen LogP contribution in [-0.2, 0) is 9.59 Å². The largest absolute Gasteiger partial charge is 0.481 e. The quantitative estimate of drug-likeness (QED) is 0.618. The standard InChI is InChI=1S/C12H11N3O5/c16-9(17)5-8(12(19)20)13-11(18)10-6-3-1-2-4-7(6)14-15-10/h1-4,8H,5H2,(H,13,18)(H,14,15)(H,16,17)(H,19,20)/t8-/m0/s1. The number of carbonyl (C=O) groups is 3. The maximum Gasteiger partial charge on any atom is 0.326 e. The summed E-state index contributed by atoms with van der Waals surface area (Å²) >= 11 is 0. The Labute approximate surface area is 112 Å². The minimum atomic E-state index is -1.50. The van der Waals surface area contributed by atoms with Crippen LogP contribution in [0.5, 0.6) is 0 Å². The molecule has 2 aromatic rings. The van der Waals surface area contributed by atoms with Gasteiger partial charge in [0.05, 0.1) is 11.9 Å². The van der Waals surface area contributed by atoms with Crippen LogP contribution in [0.2, 0.25) is 0 Å². The van der Waals surface area contributed by atoms with Gasteiger partial charge in [-0.1, -0.05) is 18.2 Å². The van der Waals surface area contributed by atoms with Gasteiger partial charge in [0, 0.05) is 5.39 Å². The van der Waals surface area contributed by atoms with Gasteiger partial charge >= 0.3 is 11.9 Å². The summed E-state index contributed by atoms with van der Waals surface area (Å²) in [6.45, 7) is 0. The number of carbonyl (C=O) groups excluding carboxylic acids is 1. The maximum atomic E-state index is 12.0. The number of para-hydroxylation sites is 1. The van der Waals surface area contributed by atoms with Gasteiger partial charge in [-0.05, 0) is 6.07 Å². The lowest BCUT2D eigenvalue weighted by Gasteiger charge is -2.11. The number of aliphatic carboxylic acids is 2. The number of aromatic nitrogens is 2. The summed E-state index contributed by atoms with van der Waals surface area (Å²) in [5.74, 6) is -3.47. The summed E-state index contributed by atoms with van der Waals surface area (Å²) < 4.78 is 0. The van der Waals surface area contributed by atoms with Gasteiger partial charge in [0.25, 0.3) is 5.91 Å². The van der Waals surface area contributed by atoms with Crippen molar-refractivity contribution in [2.75, 3.05) is 0 Å². The minimum Gasteiger partial charge on any atom is -0.481 e. The van der Waals surface area contributed by atoms with E-state index >= 15 is 0 Å². The maximum absolute atomic E-state index is 12.0. The number of nitrogens with one attached hydrogen (secondary N) is 2. The van der Waals surface area contributed by atoms with Crippen molar-refractivity contribution in [3.05, 3.63) is 30.0 Å². The molecule has 20 heavy (non-hydrogen) atoms. The molecule has 1 amide bonds. The second kappa shape index (κ2) is 5.39. The highest BCUT2D eigenvalue weighted by Crippen LogP contribution is 2.15. The molecule has 1 heterocycles. The van der Waals surface area contributed by atoms with Crippen molar-refractivity contribution in [1.82, 2.24) is 15.5 Å². The molecule has 1 aromatic carbocycles. The lowest BCUT2D eigenvalue weighted by molar-refractivity contribution is -0.145. The first-order valence-electron chi connectivity index (χ1n) is 5.67. The van der Waals surface area contributed by atoms with E-state index in [9.17, 15) is 14.4 Å². The first kappa shape index (κ1) is 13.5. The van der Waals surface area contributed by atoms with Crippen LogP contribution in [-0.4, -0.2) is 44.3 Å². The van der Waals surface area contributed by atoms with Crippen LogP contribution in [0.25, 0.3) is 10.9 Å². The van der Waals surface area contributed by atoms with Crippen LogP contribution in [0.4, 0.5) is 0 Å². The zero-order valence-electron chi connectivity index (χ0n) is 10.2. The van der Waals surface area contributed by atoms with Crippen LogP contribution in [0, 0.1) is 0 Å². The fourth-order valence-corrected chi connectivity index (χ4v) is 1.74. The van der Waals surface area contributed by atoms with E-state index in [1.807, 2.05) is 0 Å². The summed E-state index contributed by atoms with van der Waals surface area (Å²) in [5, 5.41) is 26.6. The third-order valence-corrected chi connectivity index (χ3v) is 2.67. The van der Waals surface area contributed by atoms with Gasteiger partial charge in [-0.2, -0.15) is 5.10 Å². The molecule has 104 valence electrons. The highest BCUT2D eigenvalue weighted by Gasteiger charge is 2.25. The number of hydrogen-bond acceptors (Lipinski definition) is 4. The molecule has 0 aliphatic rings. The van der Waals surface area contributed by atoms with Gasteiger partial charge in [0.15, 0.2) is 5.69 Å². The van der Waals surface area contributed by atoms with Crippen molar-refractivity contribution in [2.24, 2.45) is 0 Å². The van der Waals surface area contributed by atoms with Gasteiger partial charge in [-0.15, -0.1) is 0 Å². The van der Waals surface area contributed by atoms with Gasteiger partial charge in [0.1, 0.15) is 6.04 Å². The fraction of sp³-hybridized carbons (Fsp3) is 0.167. The van der Waals surface area contributed by atoms with Crippen molar-refractivity contribution in [3.63, 3.8) is 0 Å². The molecule has 0 fully saturated rings. The number of benzene rings is 1. The van der Waals surface area contributed by atoms with Crippen LogP contribution < -0.4 is 5.32 Å². The monoisotopic (exact) mass is 277 g/mol. The third-order valence-electron chi connectivity index (χ3n) is 2.67. The molecule has 1 atom stereocenters. The Kier molecular flexibility index (Phi) is 3.65. The number of nitrogens with zero attached hydrogens (tertiary/aromatic N) is 1. The van der Waals surface area contributed by atoms with Gasteiger partial charge in [0.2, 0.25) is 0 Å². The Morgan fingerprint density at radius 3 is 2.60 bits per heavy atom. The molecule has 0 radical (unpaired) electrons. The smallest absolute Gasteiger partial charge is 0.326 e. The molecule has 8 heteroatoms. The van der Waals surface area contributed by atoms with E-state index in [1.54, 1.807) is 24.3 Å². The Balaban J connectivity index is 2.22. The summed E-state index contributed by atoms with van der Waals surface area (Å²) in [5.41, 5.74) is 0.653. The summed E-state index contributed by atoms with van der Waals surface area (Å²) in [6.07, 6.45) is -0.705. The van der Waals surface area contributed by atoms with Crippen molar-refractivity contribution < 1.29 is 24.6 Å². The Hall–Kier alpha value is -2.90. The zero-order valence-corrected chi connectivity index (χ0v) is 10.2. The van der Waals surface area contributed by atoms with Gasteiger partial charge in [-0.3, -0.25) is 14.7 Å². The Morgan fingerprint density at radius 1 is 1.25 bits per heavy atom. The molecule has 0 bridgehead atoms. The first-order valence-corrected chi connectivity index (χ1v) is 5.67. The van der Waals surface area contributed by atoms with E-state index in [0.29, 0.717) is 10.9 Å². The van der Waals surface area contributed by atoms with Crippen molar-refractivity contribution in [3.8, 4) is 0 Å². The number of H-pyrrole nitrogens is 1. The predicted octanol–water partition coefficient (Wildman–Crippen LogP) is 0.221. The van der Waals surface area contributed by atoms with Crippen LogP contribution in [0.1, 0.15) is 16.9 Å². The highest BCUT2D eigenvalue weighted by molar-refractivity contribution is 6.05. The van der Waals surface area contributed by atoms with Crippen LogP contribution in [0.15, 0.2) is 24.3 Å². The molecular formula is C12H11N3O5. The molecule has 0 aliphatic heterocycles. The van der Waals surface area contributed by atoms with E-state index in [4.69, 9.17) is 10.2 Å². The number of rotatable bonds is 5. The molecule has 8 nitrogen and oxygen atoms in total. The molecule has 0 saturated heterocycles. The number of fused-ring (bicyclic) bond motifs is 1. The number of aromatic amines is 1. The molecule has 0 saturated carbocycles. The normalized spacial score (nSPS) is 12.0. The fourth-order valence-electron chi connectivity index (χ4n) is 1.74. The van der Waals surface area contributed by atoms with E-state index in [0.717, 1.165) is 0 Å². The molecular weight excluding hydrogens is 266 g/mol. The SMILES string of the molecule is O=C(O)C[C@H](NC(=O)c1n[nH]c2ccccc12)C(=O)O. The number of carboxylic acids is 2. The Bertz CT molecular complexity index is 679. The lowest BCUT2D eigenvalue weighted by Crippen LogP contribution is -2.42. The zero-order chi connectivity index (χ0) is 14.7. The molecule has 0 unspecified atom stereocenters. The minimum absolute atomic E-state index is 0.0252. The van der Waals surface area contributed by atoms with Crippen molar-refractivity contribution in [1.29, 1.82) is 0 Å². The average Bonchev–Trinajstić information content (AvgIpc) is 2.81. The van der Waals surface area contributed by atoms with Crippen LogP contribution in [0.3, 0.4) is 0 Å². The van der Waals surface area contributed by atoms with E-state index in [-0.39, 0.29) is 5.69 Å². The second-order valence-electron chi connectivity index (χ2n) is 4.08. The molecule has 2 rings (SSSR count). The van der Waals surface area contributed by atoms with Crippen molar-refractivity contribution in [2.45, 2.75) is 12.5 Å². The molecule has 0 aliphatic carbocycles. The molecule has 1 aromatic heterocycles. The predicted molar refractivity (Wildman–Crippen MR) is 67.2 cm³/mol.